The fourth-order valence-corrected chi connectivity index (χ4v) is 3.67. The maximum absolute atomic E-state index is 11.6. The quantitative estimate of drug-likeness (QED) is 0.234. The molecule has 0 aromatic rings. The molecule has 0 aliphatic carbocycles. The van der Waals surface area contributed by atoms with E-state index in [1.54, 1.807) is 7.05 Å². The van der Waals surface area contributed by atoms with Crippen LogP contribution in [0.2, 0.25) is 0 Å². The Hall–Kier alpha value is -0.130. The Balaban J connectivity index is 0.00000441. The van der Waals surface area contributed by atoms with Crippen LogP contribution in [0.25, 0.3) is 0 Å². The summed E-state index contributed by atoms with van der Waals surface area (Å²) in [4.78, 5) is 4.12. The Morgan fingerprint density at radius 1 is 1.27 bits per heavy atom. The Morgan fingerprint density at radius 3 is 2.59 bits per heavy atom. The molecule has 22 heavy (non-hydrogen) atoms. The highest BCUT2D eigenvalue weighted by atomic mass is 127. The molecule has 0 spiro atoms. The summed E-state index contributed by atoms with van der Waals surface area (Å²) in [5, 5.41) is 6.35. The summed E-state index contributed by atoms with van der Waals surface area (Å²) in [6.07, 6.45) is 2.76. The fourth-order valence-electron chi connectivity index (χ4n) is 2.14. The Labute approximate surface area is 151 Å². The molecule has 132 valence electrons. The Bertz CT molecular complexity index is 418. The van der Waals surface area contributed by atoms with Crippen LogP contribution < -0.4 is 10.6 Å². The SMILES string of the molecule is CCOCCCCNC(=NC)NCCN1CCCS1(=O)=O.I. The van der Waals surface area contributed by atoms with Gasteiger partial charge in [-0.15, -0.1) is 24.0 Å². The van der Waals surface area contributed by atoms with Crippen molar-refractivity contribution in [2.24, 2.45) is 4.99 Å². The lowest BCUT2D eigenvalue weighted by molar-refractivity contribution is 0.143. The first-order valence-corrected chi connectivity index (χ1v) is 9.21. The third-order valence-corrected chi connectivity index (χ3v) is 5.25. The zero-order valence-corrected chi connectivity index (χ0v) is 16.7. The van der Waals surface area contributed by atoms with Crippen LogP contribution in [0, 0.1) is 0 Å². The third-order valence-electron chi connectivity index (χ3n) is 3.29. The zero-order valence-electron chi connectivity index (χ0n) is 13.5. The number of rotatable bonds is 9. The van der Waals surface area contributed by atoms with E-state index in [1.807, 2.05) is 6.92 Å². The molecule has 0 unspecified atom stereocenters. The van der Waals surface area contributed by atoms with Crippen LogP contribution in [-0.2, 0) is 14.8 Å². The first-order valence-electron chi connectivity index (χ1n) is 7.60. The van der Waals surface area contributed by atoms with Crippen molar-refractivity contribution in [3.63, 3.8) is 0 Å². The minimum atomic E-state index is -3.00. The molecule has 1 saturated heterocycles. The largest absolute Gasteiger partial charge is 0.382 e. The van der Waals surface area contributed by atoms with Gasteiger partial charge in [-0.05, 0) is 26.2 Å². The minimum Gasteiger partial charge on any atom is -0.382 e. The molecular formula is C13H29IN4O3S. The Kier molecular flexibility index (Phi) is 12.2. The van der Waals surface area contributed by atoms with Crippen molar-refractivity contribution < 1.29 is 13.2 Å². The van der Waals surface area contributed by atoms with E-state index in [0.29, 0.717) is 25.6 Å². The average Bonchev–Trinajstić information content (AvgIpc) is 2.79. The summed E-state index contributed by atoms with van der Waals surface area (Å²) in [6, 6.07) is 0. The summed E-state index contributed by atoms with van der Waals surface area (Å²) in [5.41, 5.74) is 0. The number of halogens is 1. The van der Waals surface area contributed by atoms with Gasteiger partial charge in [0.15, 0.2) is 5.96 Å². The van der Waals surface area contributed by atoms with E-state index in [-0.39, 0.29) is 29.7 Å². The first kappa shape index (κ1) is 21.9. The molecule has 0 radical (unpaired) electrons. The monoisotopic (exact) mass is 448 g/mol. The molecule has 1 aliphatic heterocycles. The number of guanidine groups is 1. The van der Waals surface area contributed by atoms with Gasteiger partial charge in [-0.3, -0.25) is 4.99 Å². The average molecular weight is 448 g/mol. The molecule has 0 aromatic carbocycles. The smallest absolute Gasteiger partial charge is 0.214 e. The van der Waals surface area contributed by atoms with Gasteiger partial charge in [-0.25, -0.2) is 12.7 Å². The second-order valence-electron chi connectivity index (χ2n) is 4.90. The van der Waals surface area contributed by atoms with Crippen LogP contribution in [0.3, 0.4) is 0 Å². The van der Waals surface area contributed by atoms with Crippen LogP contribution in [-0.4, -0.2) is 70.9 Å². The lowest BCUT2D eigenvalue weighted by Crippen LogP contribution is -2.42. The molecule has 0 saturated carbocycles. The van der Waals surface area contributed by atoms with Gasteiger partial charge in [0.25, 0.3) is 0 Å². The van der Waals surface area contributed by atoms with E-state index in [4.69, 9.17) is 4.74 Å². The molecule has 9 heteroatoms. The van der Waals surface area contributed by atoms with Gasteiger partial charge in [-0.1, -0.05) is 0 Å². The van der Waals surface area contributed by atoms with E-state index in [0.717, 1.165) is 39.0 Å². The molecule has 0 atom stereocenters. The minimum absolute atomic E-state index is 0. The number of ether oxygens (including phenoxy) is 1. The zero-order chi connectivity index (χ0) is 15.6. The molecule has 0 bridgehead atoms. The van der Waals surface area contributed by atoms with Crippen LogP contribution >= 0.6 is 24.0 Å². The fraction of sp³-hybridized carbons (Fsp3) is 0.923. The number of aliphatic imine (C=N–C) groups is 1. The topological polar surface area (TPSA) is 83.0 Å². The highest BCUT2D eigenvalue weighted by molar-refractivity contribution is 14.0. The number of sulfonamides is 1. The highest BCUT2D eigenvalue weighted by Crippen LogP contribution is 2.11. The van der Waals surface area contributed by atoms with Crippen molar-refractivity contribution in [2.75, 3.05) is 52.2 Å². The summed E-state index contributed by atoms with van der Waals surface area (Å²) in [7, 11) is -1.29. The van der Waals surface area contributed by atoms with Crippen molar-refractivity contribution in [3.05, 3.63) is 0 Å². The second kappa shape index (κ2) is 12.3. The normalized spacial score (nSPS) is 18.0. The van der Waals surface area contributed by atoms with Crippen LogP contribution in [0.1, 0.15) is 26.2 Å². The van der Waals surface area contributed by atoms with E-state index in [2.05, 4.69) is 15.6 Å². The summed E-state index contributed by atoms with van der Waals surface area (Å²) in [6.45, 7) is 6.06. The molecule has 1 rings (SSSR count). The molecular weight excluding hydrogens is 419 g/mol. The number of nitrogens with one attached hydrogen (secondary N) is 2. The lowest BCUT2D eigenvalue weighted by Gasteiger charge is -2.16. The standard InChI is InChI=1S/C13H28N4O3S.HI/c1-3-20-11-5-4-7-15-13(14-2)16-8-10-17-9-6-12-21(17,18)19;/h3-12H2,1-2H3,(H2,14,15,16);1H. The first-order chi connectivity index (χ1) is 10.1. The van der Waals surface area contributed by atoms with E-state index < -0.39 is 10.0 Å². The van der Waals surface area contributed by atoms with Crippen molar-refractivity contribution in [3.8, 4) is 0 Å². The van der Waals surface area contributed by atoms with Crippen LogP contribution in [0.4, 0.5) is 0 Å². The lowest BCUT2D eigenvalue weighted by atomic mass is 10.3. The van der Waals surface area contributed by atoms with Crippen LogP contribution in [0.5, 0.6) is 0 Å². The molecule has 0 amide bonds. The van der Waals surface area contributed by atoms with Gasteiger partial charge in [0.2, 0.25) is 10.0 Å². The van der Waals surface area contributed by atoms with Crippen molar-refractivity contribution >= 4 is 40.0 Å². The van der Waals surface area contributed by atoms with Gasteiger partial charge >= 0.3 is 0 Å². The highest BCUT2D eigenvalue weighted by Gasteiger charge is 2.27. The number of hydrogen-bond acceptors (Lipinski definition) is 4. The maximum atomic E-state index is 11.6. The van der Waals surface area contributed by atoms with Crippen molar-refractivity contribution in [2.45, 2.75) is 26.2 Å². The van der Waals surface area contributed by atoms with E-state index in [9.17, 15) is 8.42 Å². The summed E-state index contributed by atoms with van der Waals surface area (Å²) < 4.78 is 30.1. The predicted molar refractivity (Wildman–Crippen MR) is 100 cm³/mol. The summed E-state index contributed by atoms with van der Waals surface area (Å²) >= 11 is 0. The van der Waals surface area contributed by atoms with Crippen molar-refractivity contribution in [1.29, 1.82) is 0 Å². The predicted octanol–water partition coefficient (Wildman–Crippen LogP) is 0.622. The van der Waals surface area contributed by atoms with Gasteiger partial charge in [0, 0.05) is 46.4 Å². The molecule has 7 nitrogen and oxygen atoms in total. The van der Waals surface area contributed by atoms with E-state index >= 15 is 0 Å². The second-order valence-corrected chi connectivity index (χ2v) is 6.99. The number of unbranched alkanes of at least 4 members (excludes halogenated alkanes) is 1. The van der Waals surface area contributed by atoms with Gasteiger partial charge in [0.1, 0.15) is 0 Å². The van der Waals surface area contributed by atoms with Crippen LogP contribution in [0.15, 0.2) is 4.99 Å². The van der Waals surface area contributed by atoms with Gasteiger partial charge in [-0.2, -0.15) is 0 Å². The van der Waals surface area contributed by atoms with E-state index in [1.165, 1.54) is 4.31 Å². The molecule has 1 fully saturated rings. The number of nitrogens with zero attached hydrogens (tertiary/aromatic N) is 2. The Morgan fingerprint density at radius 2 is 2.00 bits per heavy atom. The third kappa shape index (κ3) is 8.49. The maximum Gasteiger partial charge on any atom is 0.214 e. The molecule has 1 heterocycles. The molecule has 2 N–H and O–H groups in total. The molecule has 1 aliphatic rings. The van der Waals surface area contributed by atoms with Crippen molar-refractivity contribution in [1.82, 2.24) is 14.9 Å². The van der Waals surface area contributed by atoms with Gasteiger partial charge < -0.3 is 15.4 Å². The molecule has 0 aromatic heterocycles. The summed E-state index contributed by atoms with van der Waals surface area (Å²) in [5.74, 6) is 0.989. The number of hydrogen-bond donors (Lipinski definition) is 2. The van der Waals surface area contributed by atoms with Gasteiger partial charge in [0.05, 0.1) is 5.75 Å².